The SMILES string of the molecule is CC.Cc1ccccc1C(=N)OC=N. The lowest BCUT2D eigenvalue weighted by Gasteiger charge is -2.03. The summed E-state index contributed by atoms with van der Waals surface area (Å²) >= 11 is 0. The Balaban J connectivity index is 0.000000791. The fourth-order valence-corrected chi connectivity index (χ4v) is 0.950. The highest BCUT2D eigenvalue weighted by molar-refractivity contribution is 5.96. The molecule has 0 bridgehead atoms. The van der Waals surface area contributed by atoms with E-state index in [4.69, 9.17) is 10.8 Å². The molecule has 1 aromatic rings. The van der Waals surface area contributed by atoms with Gasteiger partial charge in [-0.15, -0.1) is 0 Å². The van der Waals surface area contributed by atoms with Gasteiger partial charge in [0.15, 0.2) is 6.40 Å². The van der Waals surface area contributed by atoms with Crippen LogP contribution in [0.25, 0.3) is 0 Å². The Morgan fingerprint density at radius 3 is 2.36 bits per heavy atom. The lowest BCUT2D eigenvalue weighted by atomic mass is 10.1. The van der Waals surface area contributed by atoms with Crippen molar-refractivity contribution in [1.82, 2.24) is 0 Å². The van der Waals surface area contributed by atoms with Crippen LogP contribution < -0.4 is 0 Å². The van der Waals surface area contributed by atoms with Gasteiger partial charge in [0.25, 0.3) is 0 Å². The normalized spacial score (nSPS) is 8.21. The zero-order valence-electron chi connectivity index (χ0n) is 8.79. The zero-order chi connectivity index (χ0) is 11.0. The summed E-state index contributed by atoms with van der Waals surface area (Å²) in [7, 11) is 0. The van der Waals surface area contributed by atoms with Crippen LogP contribution in [0.4, 0.5) is 0 Å². The first-order valence-electron chi connectivity index (χ1n) is 4.56. The molecule has 0 aliphatic carbocycles. The second kappa shape index (κ2) is 6.83. The lowest BCUT2D eigenvalue weighted by Crippen LogP contribution is -2.04. The van der Waals surface area contributed by atoms with Crippen molar-refractivity contribution in [2.75, 3.05) is 0 Å². The van der Waals surface area contributed by atoms with Gasteiger partial charge in [-0.25, -0.2) is 0 Å². The fraction of sp³-hybridized carbons (Fsp3) is 0.273. The van der Waals surface area contributed by atoms with Crippen LogP contribution in [-0.4, -0.2) is 12.3 Å². The van der Waals surface area contributed by atoms with Crippen LogP contribution in [0.5, 0.6) is 0 Å². The molecular formula is C11H16N2O. The van der Waals surface area contributed by atoms with E-state index in [1.165, 1.54) is 0 Å². The van der Waals surface area contributed by atoms with Crippen LogP contribution in [0.1, 0.15) is 25.0 Å². The van der Waals surface area contributed by atoms with Crippen LogP contribution in [-0.2, 0) is 4.74 Å². The standard InChI is InChI=1S/C9H10N2O.C2H6/c1-7-4-2-3-5-8(7)9(11)12-6-10;1-2/h2-6,10-11H,1H3;1-2H3. The molecule has 14 heavy (non-hydrogen) atoms. The molecule has 0 saturated carbocycles. The summed E-state index contributed by atoms with van der Waals surface area (Å²) in [5, 5.41) is 14.1. The lowest BCUT2D eigenvalue weighted by molar-refractivity contribution is 0.560. The molecule has 0 aliphatic heterocycles. The fourth-order valence-electron chi connectivity index (χ4n) is 0.950. The molecule has 0 unspecified atom stereocenters. The van der Waals surface area contributed by atoms with Crippen molar-refractivity contribution in [1.29, 1.82) is 10.8 Å². The molecule has 0 saturated heterocycles. The number of rotatable bonds is 2. The third-order valence-electron chi connectivity index (χ3n) is 1.57. The van der Waals surface area contributed by atoms with Crippen LogP contribution >= 0.6 is 0 Å². The van der Waals surface area contributed by atoms with E-state index in [9.17, 15) is 0 Å². The maximum Gasteiger partial charge on any atom is 0.220 e. The Labute approximate surface area is 84.7 Å². The number of benzene rings is 1. The molecule has 0 atom stereocenters. The molecule has 0 amide bonds. The van der Waals surface area contributed by atoms with Crippen LogP contribution in [0.2, 0.25) is 0 Å². The highest BCUT2D eigenvalue weighted by atomic mass is 16.5. The first-order valence-corrected chi connectivity index (χ1v) is 4.56. The summed E-state index contributed by atoms with van der Waals surface area (Å²) < 4.78 is 4.63. The van der Waals surface area contributed by atoms with Crippen LogP contribution in [0.15, 0.2) is 24.3 Å². The van der Waals surface area contributed by atoms with E-state index in [0.717, 1.165) is 17.5 Å². The smallest absolute Gasteiger partial charge is 0.220 e. The second-order valence-electron chi connectivity index (χ2n) is 2.38. The van der Waals surface area contributed by atoms with E-state index < -0.39 is 0 Å². The third-order valence-corrected chi connectivity index (χ3v) is 1.57. The quantitative estimate of drug-likeness (QED) is 0.549. The minimum absolute atomic E-state index is 0.0168. The van der Waals surface area contributed by atoms with Gasteiger partial charge in [0.05, 0.1) is 0 Å². The number of nitrogens with one attached hydrogen (secondary N) is 2. The molecular weight excluding hydrogens is 176 g/mol. The molecule has 2 N–H and O–H groups in total. The van der Waals surface area contributed by atoms with Crippen molar-refractivity contribution in [2.24, 2.45) is 0 Å². The zero-order valence-corrected chi connectivity index (χ0v) is 8.79. The van der Waals surface area contributed by atoms with Gasteiger partial charge in [-0.1, -0.05) is 32.0 Å². The Morgan fingerprint density at radius 1 is 1.29 bits per heavy atom. The third kappa shape index (κ3) is 3.39. The molecule has 3 nitrogen and oxygen atoms in total. The van der Waals surface area contributed by atoms with Gasteiger partial charge >= 0.3 is 0 Å². The van der Waals surface area contributed by atoms with Gasteiger partial charge in [-0.05, 0) is 18.6 Å². The van der Waals surface area contributed by atoms with Crippen LogP contribution in [0, 0.1) is 17.7 Å². The Hall–Kier alpha value is -1.64. The Kier molecular flexibility index (Phi) is 6.03. The maximum atomic E-state index is 7.40. The van der Waals surface area contributed by atoms with Crippen molar-refractivity contribution < 1.29 is 4.74 Å². The number of hydrogen-bond acceptors (Lipinski definition) is 3. The average molecular weight is 192 g/mol. The highest BCUT2D eigenvalue weighted by Gasteiger charge is 2.03. The topological polar surface area (TPSA) is 56.9 Å². The summed E-state index contributed by atoms with van der Waals surface area (Å²) in [6, 6.07) is 7.43. The molecule has 1 rings (SSSR count). The van der Waals surface area contributed by atoms with E-state index in [1.807, 2.05) is 39.0 Å². The largest absolute Gasteiger partial charge is 0.428 e. The maximum absolute atomic E-state index is 7.40. The van der Waals surface area contributed by atoms with Crippen LogP contribution in [0.3, 0.4) is 0 Å². The number of ether oxygens (including phenoxy) is 1. The molecule has 1 aromatic carbocycles. The van der Waals surface area contributed by atoms with Gasteiger partial charge in [0.2, 0.25) is 5.90 Å². The summed E-state index contributed by atoms with van der Waals surface area (Å²) in [5.41, 5.74) is 1.70. The van der Waals surface area contributed by atoms with Gasteiger partial charge in [-0.2, -0.15) is 0 Å². The highest BCUT2D eigenvalue weighted by Crippen LogP contribution is 2.07. The molecule has 0 aromatic heterocycles. The molecule has 0 aliphatic rings. The Bertz CT molecular complexity index is 308. The molecule has 3 heteroatoms. The summed E-state index contributed by atoms with van der Waals surface area (Å²) in [4.78, 5) is 0. The Morgan fingerprint density at radius 2 is 1.86 bits per heavy atom. The van der Waals surface area contributed by atoms with Gasteiger partial charge < -0.3 is 4.74 Å². The second-order valence-corrected chi connectivity index (χ2v) is 2.38. The number of aryl methyl sites for hydroxylation is 1. The molecule has 0 fully saturated rings. The molecule has 0 heterocycles. The predicted molar refractivity (Wildman–Crippen MR) is 59.2 cm³/mol. The van der Waals surface area contributed by atoms with E-state index in [0.29, 0.717) is 0 Å². The van der Waals surface area contributed by atoms with Crippen molar-refractivity contribution in [3.8, 4) is 0 Å². The van der Waals surface area contributed by atoms with Gasteiger partial charge in [0, 0.05) is 5.56 Å². The van der Waals surface area contributed by atoms with Crippen molar-refractivity contribution in [2.45, 2.75) is 20.8 Å². The summed E-state index contributed by atoms with van der Waals surface area (Å²) in [6.45, 7) is 5.90. The number of hydrogen-bond donors (Lipinski definition) is 2. The first kappa shape index (κ1) is 12.4. The van der Waals surface area contributed by atoms with Crippen molar-refractivity contribution in [3.63, 3.8) is 0 Å². The summed E-state index contributed by atoms with van der Waals surface area (Å²) in [5.74, 6) is 0.0168. The van der Waals surface area contributed by atoms with E-state index in [-0.39, 0.29) is 5.90 Å². The monoisotopic (exact) mass is 192 g/mol. The minimum Gasteiger partial charge on any atom is -0.428 e. The van der Waals surface area contributed by atoms with Crippen molar-refractivity contribution in [3.05, 3.63) is 35.4 Å². The van der Waals surface area contributed by atoms with E-state index >= 15 is 0 Å². The van der Waals surface area contributed by atoms with Gasteiger partial charge in [-0.3, -0.25) is 10.8 Å². The average Bonchev–Trinajstić information content (AvgIpc) is 2.22. The van der Waals surface area contributed by atoms with E-state index in [1.54, 1.807) is 6.07 Å². The van der Waals surface area contributed by atoms with Gasteiger partial charge in [0.1, 0.15) is 0 Å². The van der Waals surface area contributed by atoms with Crippen molar-refractivity contribution >= 4 is 12.3 Å². The molecule has 0 spiro atoms. The summed E-state index contributed by atoms with van der Waals surface area (Å²) in [6.07, 6.45) is 0.759. The first-order chi connectivity index (χ1) is 6.75. The van der Waals surface area contributed by atoms with E-state index in [2.05, 4.69) is 4.74 Å². The molecule has 76 valence electrons. The molecule has 0 radical (unpaired) electrons. The minimum atomic E-state index is 0.0168. The predicted octanol–water partition coefficient (Wildman–Crippen LogP) is 2.97.